The van der Waals surface area contributed by atoms with Crippen LogP contribution in [0, 0.1) is 0 Å². The van der Waals surface area contributed by atoms with E-state index in [9.17, 15) is 9.59 Å². The highest BCUT2D eigenvalue weighted by atomic mass is 35.5. The van der Waals surface area contributed by atoms with Gasteiger partial charge < -0.3 is 14.7 Å². The Morgan fingerprint density at radius 3 is 2.78 bits per heavy atom. The van der Waals surface area contributed by atoms with Crippen molar-refractivity contribution in [1.29, 1.82) is 0 Å². The molecular weight excluding hydrogens is 374 g/mol. The minimum Gasteiger partial charge on any atom is -0.481 e. The predicted octanol–water partition coefficient (Wildman–Crippen LogP) is 1.65. The fraction of sp³-hybridized carbons (Fsp3) is 0.471. The summed E-state index contributed by atoms with van der Waals surface area (Å²) in [7, 11) is 0. The van der Waals surface area contributed by atoms with E-state index < -0.39 is 18.1 Å². The van der Waals surface area contributed by atoms with Crippen LogP contribution in [0.25, 0.3) is 11.4 Å². The van der Waals surface area contributed by atoms with Gasteiger partial charge in [0.2, 0.25) is 11.7 Å². The van der Waals surface area contributed by atoms with Crippen LogP contribution in [0.4, 0.5) is 0 Å². The first-order valence-corrected chi connectivity index (χ1v) is 9.03. The van der Waals surface area contributed by atoms with Crippen molar-refractivity contribution in [1.82, 2.24) is 25.1 Å². The Hall–Kier alpha value is -2.52. The minimum atomic E-state index is -0.952. The van der Waals surface area contributed by atoms with Crippen molar-refractivity contribution in [3.63, 3.8) is 0 Å². The third-order valence-corrected chi connectivity index (χ3v) is 4.59. The molecule has 2 atom stereocenters. The number of nitrogens with zero attached hydrogens (tertiary/aromatic N) is 5. The molecule has 0 saturated carbocycles. The van der Waals surface area contributed by atoms with Crippen LogP contribution in [0.2, 0.25) is 5.02 Å². The van der Waals surface area contributed by atoms with E-state index in [2.05, 4.69) is 15.4 Å². The lowest BCUT2D eigenvalue weighted by Gasteiger charge is -2.34. The number of benzene rings is 1. The summed E-state index contributed by atoms with van der Waals surface area (Å²) in [5.41, 5.74) is 0.751. The van der Waals surface area contributed by atoms with E-state index in [0.717, 1.165) is 5.56 Å². The van der Waals surface area contributed by atoms with Gasteiger partial charge in [0.25, 0.3) is 0 Å². The Balaban J connectivity index is 1.73. The molecule has 0 aliphatic carbocycles. The van der Waals surface area contributed by atoms with Gasteiger partial charge in [0.1, 0.15) is 0 Å². The molecule has 1 saturated heterocycles. The van der Waals surface area contributed by atoms with Crippen molar-refractivity contribution in [3.8, 4) is 11.4 Å². The Bertz CT molecular complexity index is 810. The molecule has 1 aromatic carbocycles. The van der Waals surface area contributed by atoms with Crippen molar-refractivity contribution in [2.75, 3.05) is 19.7 Å². The summed E-state index contributed by atoms with van der Waals surface area (Å²) in [6.07, 6.45) is -0.162. The van der Waals surface area contributed by atoms with E-state index in [1.165, 1.54) is 4.80 Å². The zero-order valence-corrected chi connectivity index (χ0v) is 15.5. The minimum absolute atomic E-state index is 0.136. The molecular formula is C17H20ClN5O4. The molecule has 0 bridgehead atoms. The van der Waals surface area contributed by atoms with Crippen LogP contribution in [-0.2, 0) is 14.3 Å². The molecule has 1 N–H and O–H groups in total. The predicted molar refractivity (Wildman–Crippen MR) is 96.2 cm³/mol. The van der Waals surface area contributed by atoms with Crippen LogP contribution in [0.15, 0.2) is 24.3 Å². The number of tetrazole rings is 1. The van der Waals surface area contributed by atoms with E-state index in [1.807, 2.05) is 6.92 Å². The average molecular weight is 394 g/mol. The Morgan fingerprint density at radius 2 is 2.11 bits per heavy atom. The van der Waals surface area contributed by atoms with Crippen LogP contribution >= 0.6 is 11.6 Å². The topological polar surface area (TPSA) is 110 Å². The van der Waals surface area contributed by atoms with Crippen LogP contribution in [0.1, 0.15) is 25.8 Å². The van der Waals surface area contributed by atoms with Gasteiger partial charge in [-0.25, -0.2) is 0 Å². The Kier molecular flexibility index (Phi) is 6.02. The number of morpholine rings is 1. The van der Waals surface area contributed by atoms with Crippen molar-refractivity contribution in [2.45, 2.75) is 31.9 Å². The van der Waals surface area contributed by atoms with Gasteiger partial charge in [0.05, 0.1) is 19.1 Å². The number of aliphatic carboxylic acids is 1. The fourth-order valence-electron chi connectivity index (χ4n) is 2.96. The molecule has 0 unspecified atom stereocenters. The molecule has 10 heteroatoms. The van der Waals surface area contributed by atoms with E-state index in [-0.39, 0.29) is 18.9 Å². The number of halogens is 1. The number of carboxylic acid groups (broad SMARTS) is 1. The first-order chi connectivity index (χ1) is 13.0. The maximum absolute atomic E-state index is 12.9. The normalized spacial score (nSPS) is 18.3. The monoisotopic (exact) mass is 393 g/mol. The summed E-state index contributed by atoms with van der Waals surface area (Å²) in [6.45, 7) is 2.81. The smallest absolute Gasteiger partial charge is 0.306 e. The van der Waals surface area contributed by atoms with E-state index in [0.29, 0.717) is 30.4 Å². The van der Waals surface area contributed by atoms with Gasteiger partial charge >= 0.3 is 5.97 Å². The number of carboxylic acids is 1. The van der Waals surface area contributed by atoms with Crippen LogP contribution in [-0.4, -0.2) is 67.9 Å². The first kappa shape index (κ1) is 19.2. The van der Waals surface area contributed by atoms with E-state index >= 15 is 0 Å². The van der Waals surface area contributed by atoms with E-state index in [1.54, 1.807) is 29.2 Å². The van der Waals surface area contributed by atoms with Crippen molar-refractivity contribution < 1.29 is 19.4 Å². The highest BCUT2D eigenvalue weighted by molar-refractivity contribution is 6.30. The van der Waals surface area contributed by atoms with Gasteiger partial charge in [-0.3, -0.25) is 9.59 Å². The lowest BCUT2D eigenvalue weighted by molar-refractivity contribution is -0.149. The number of hydrogen-bond acceptors (Lipinski definition) is 6. The van der Waals surface area contributed by atoms with Gasteiger partial charge in [-0.05, 0) is 35.9 Å². The summed E-state index contributed by atoms with van der Waals surface area (Å²) in [4.78, 5) is 26.7. The van der Waals surface area contributed by atoms with Gasteiger partial charge in [0, 0.05) is 23.7 Å². The molecule has 0 radical (unpaired) electrons. The molecule has 9 nitrogen and oxygen atoms in total. The third-order valence-electron chi connectivity index (χ3n) is 4.33. The SMILES string of the molecule is CC[C@H](C(=O)N1CCO[C@@H](CC(=O)O)C1)n1nnc(-c2ccc(Cl)cc2)n1. The van der Waals surface area contributed by atoms with Gasteiger partial charge in [-0.2, -0.15) is 4.80 Å². The second kappa shape index (κ2) is 8.45. The second-order valence-electron chi connectivity index (χ2n) is 6.24. The lowest BCUT2D eigenvalue weighted by atomic mass is 10.1. The fourth-order valence-corrected chi connectivity index (χ4v) is 3.08. The average Bonchev–Trinajstić information content (AvgIpc) is 3.12. The lowest BCUT2D eigenvalue weighted by Crippen LogP contribution is -2.48. The van der Waals surface area contributed by atoms with Crippen LogP contribution < -0.4 is 0 Å². The van der Waals surface area contributed by atoms with Crippen LogP contribution in [0.5, 0.6) is 0 Å². The largest absolute Gasteiger partial charge is 0.481 e. The number of hydrogen-bond donors (Lipinski definition) is 1. The molecule has 2 aromatic rings. The number of amides is 1. The molecule has 1 fully saturated rings. The van der Waals surface area contributed by atoms with Crippen molar-refractivity contribution in [3.05, 3.63) is 29.3 Å². The maximum atomic E-state index is 12.9. The third kappa shape index (κ3) is 4.61. The number of rotatable bonds is 6. The molecule has 1 aliphatic heterocycles. The molecule has 0 spiro atoms. The molecule has 1 aromatic heterocycles. The molecule has 1 aliphatic rings. The molecule has 2 heterocycles. The second-order valence-corrected chi connectivity index (χ2v) is 6.68. The summed E-state index contributed by atoms with van der Waals surface area (Å²) in [6, 6.07) is 6.42. The zero-order chi connectivity index (χ0) is 19.4. The Labute approximate surface area is 160 Å². The first-order valence-electron chi connectivity index (χ1n) is 8.65. The summed E-state index contributed by atoms with van der Waals surface area (Å²) in [5, 5.41) is 22.0. The molecule has 3 rings (SSSR count). The number of carbonyl (C=O) groups is 2. The van der Waals surface area contributed by atoms with Gasteiger partial charge in [-0.1, -0.05) is 18.5 Å². The van der Waals surface area contributed by atoms with Gasteiger partial charge in [0.15, 0.2) is 6.04 Å². The quantitative estimate of drug-likeness (QED) is 0.794. The molecule has 27 heavy (non-hydrogen) atoms. The van der Waals surface area contributed by atoms with Crippen molar-refractivity contribution >= 4 is 23.5 Å². The van der Waals surface area contributed by atoms with Crippen LogP contribution in [0.3, 0.4) is 0 Å². The maximum Gasteiger partial charge on any atom is 0.306 e. The highest BCUT2D eigenvalue weighted by Crippen LogP contribution is 2.20. The number of carbonyl (C=O) groups excluding carboxylic acids is 1. The van der Waals surface area contributed by atoms with Gasteiger partial charge in [-0.15, -0.1) is 10.2 Å². The molecule has 1 amide bonds. The summed E-state index contributed by atoms with van der Waals surface area (Å²) in [5.74, 6) is -0.716. The number of ether oxygens (including phenoxy) is 1. The zero-order valence-electron chi connectivity index (χ0n) is 14.8. The number of aromatic nitrogens is 4. The van der Waals surface area contributed by atoms with E-state index in [4.69, 9.17) is 21.4 Å². The molecule has 144 valence electrons. The summed E-state index contributed by atoms with van der Waals surface area (Å²) < 4.78 is 5.42. The summed E-state index contributed by atoms with van der Waals surface area (Å²) >= 11 is 5.89. The van der Waals surface area contributed by atoms with Crippen molar-refractivity contribution in [2.24, 2.45) is 0 Å². The highest BCUT2D eigenvalue weighted by Gasteiger charge is 2.31. The Morgan fingerprint density at radius 1 is 1.37 bits per heavy atom. The standard InChI is InChI=1S/C17H20ClN5O4/c1-2-14(17(26)22-7-8-27-13(10-22)9-15(24)25)23-20-16(19-21-23)11-3-5-12(18)6-4-11/h3-6,13-14H,2,7-10H2,1H3,(H,24,25)/t13-,14+/m0/s1.